The van der Waals surface area contributed by atoms with Crippen molar-refractivity contribution in [1.82, 2.24) is 4.90 Å². The Morgan fingerprint density at radius 2 is 1.72 bits per heavy atom. The van der Waals surface area contributed by atoms with Crippen LogP contribution in [0, 0.1) is 17.8 Å². The lowest BCUT2D eigenvalue weighted by Gasteiger charge is -2.38. The van der Waals surface area contributed by atoms with E-state index in [2.05, 4.69) is 18.7 Å². The van der Waals surface area contributed by atoms with Crippen molar-refractivity contribution in [3.8, 4) is 0 Å². The van der Waals surface area contributed by atoms with Crippen LogP contribution in [0.3, 0.4) is 0 Å². The number of amides is 1. The van der Waals surface area contributed by atoms with Crippen molar-refractivity contribution in [1.29, 1.82) is 0 Å². The number of carbonyl (C=O) groups excluding carboxylic acids is 1. The van der Waals surface area contributed by atoms with Crippen molar-refractivity contribution < 1.29 is 4.79 Å². The lowest BCUT2D eigenvalue weighted by Crippen LogP contribution is -2.47. The number of carbonyl (C=O) groups is 1. The number of hydrogen-bond acceptors (Lipinski definition) is 2. The van der Waals surface area contributed by atoms with Gasteiger partial charge in [0, 0.05) is 25.0 Å². The Balaban J connectivity index is 0.00000162. The number of rotatable bonds is 1. The van der Waals surface area contributed by atoms with Crippen LogP contribution in [0.25, 0.3) is 0 Å². The first-order valence-corrected chi connectivity index (χ1v) is 7.10. The molecule has 18 heavy (non-hydrogen) atoms. The molecule has 2 fully saturated rings. The van der Waals surface area contributed by atoms with Gasteiger partial charge in [0.1, 0.15) is 0 Å². The molecule has 1 aliphatic heterocycles. The van der Waals surface area contributed by atoms with Gasteiger partial charge in [0.2, 0.25) is 5.91 Å². The van der Waals surface area contributed by atoms with Gasteiger partial charge in [0.15, 0.2) is 0 Å². The monoisotopic (exact) mass is 274 g/mol. The first-order valence-electron chi connectivity index (χ1n) is 7.10. The second-order valence-corrected chi connectivity index (χ2v) is 6.31. The zero-order chi connectivity index (χ0) is 12.4. The minimum Gasteiger partial charge on any atom is -0.342 e. The van der Waals surface area contributed by atoms with Gasteiger partial charge in [-0.25, -0.2) is 0 Å². The third-order valence-electron chi connectivity index (χ3n) is 4.24. The molecule has 106 valence electrons. The van der Waals surface area contributed by atoms with Gasteiger partial charge in [-0.2, -0.15) is 0 Å². The number of nitrogens with two attached hydrogens (primary N) is 1. The van der Waals surface area contributed by atoms with Crippen LogP contribution in [0.4, 0.5) is 0 Å². The van der Waals surface area contributed by atoms with Crippen LogP contribution in [0.15, 0.2) is 0 Å². The van der Waals surface area contributed by atoms with E-state index in [1.54, 1.807) is 0 Å². The summed E-state index contributed by atoms with van der Waals surface area (Å²) in [5.41, 5.74) is 5.98. The maximum atomic E-state index is 12.5. The summed E-state index contributed by atoms with van der Waals surface area (Å²) in [6, 6.07) is 0.248. The summed E-state index contributed by atoms with van der Waals surface area (Å²) in [5.74, 6) is 1.88. The smallest absolute Gasteiger partial charge is 0.225 e. The van der Waals surface area contributed by atoms with Crippen molar-refractivity contribution >= 4 is 18.3 Å². The van der Waals surface area contributed by atoms with Crippen LogP contribution >= 0.6 is 12.4 Å². The molecular weight excluding hydrogens is 248 g/mol. The Hall–Kier alpha value is -0.280. The minimum atomic E-state index is 0. The van der Waals surface area contributed by atoms with Gasteiger partial charge in [0.05, 0.1) is 0 Å². The molecule has 4 atom stereocenters. The summed E-state index contributed by atoms with van der Waals surface area (Å²) in [6.07, 6.45) is 5.42. The molecule has 1 saturated carbocycles. The number of nitrogens with zero attached hydrogens (tertiary/aromatic N) is 1. The summed E-state index contributed by atoms with van der Waals surface area (Å²) in [4.78, 5) is 14.6. The zero-order valence-corrected chi connectivity index (χ0v) is 12.4. The lowest BCUT2D eigenvalue weighted by molar-refractivity contribution is -0.139. The van der Waals surface area contributed by atoms with Crippen molar-refractivity contribution in [2.75, 3.05) is 13.1 Å². The molecule has 4 heteroatoms. The highest BCUT2D eigenvalue weighted by molar-refractivity contribution is 5.85. The van der Waals surface area contributed by atoms with E-state index in [-0.39, 0.29) is 24.4 Å². The molecule has 2 N–H and O–H groups in total. The summed E-state index contributed by atoms with van der Waals surface area (Å²) >= 11 is 0. The molecule has 0 aromatic rings. The first kappa shape index (κ1) is 15.8. The van der Waals surface area contributed by atoms with Gasteiger partial charge >= 0.3 is 0 Å². The van der Waals surface area contributed by atoms with Crippen LogP contribution in [0.5, 0.6) is 0 Å². The number of likely N-dealkylation sites (tertiary alicyclic amines) is 1. The summed E-state index contributed by atoms with van der Waals surface area (Å²) < 4.78 is 0. The molecule has 0 spiro atoms. The Labute approximate surface area is 117 Å². The van der Waals surface area contributed by atoms with Crippen LogP contribution < -0.4 is 5.73 Å². The topological polar surface area (TPSA) is 46.3 Å². The largest absolute Gasteiger partial charge is 0.342 e. The molecule has 0 aromatic heterocycles. The van der Waals surface area contributed by atoms with Gasteiger partial charge in [0.25, 0.3) is 0 Å². The van der Waals surface area contributed by atoms with Crippen molar-refractivity contribution in [2.45, 2.75) is 52.0 Å². The lowest BCUT2D eigenvalue weighted by atomic mass is 9.84. The van der Waals surface area contributed by atoms with Crippen molar-refractivity contribution in [3.63, 3.8) is 0 Å². The average Bonchev–Trinajstić information content (AvgIpc) is 2.26. The van der Waals surface area contributed by atoms with Gasteiger partial charge < -0.3 is 10.6 Å². The highest BCUT2D eigenvalue weighted by atomic mass is 35.5. The standard InChI is InChI=1S/C14H26N2O.ClH/c1-10-6-11(2)9-16(8-10)14(17)12-4-3-5-13(15)7-12;/h10-13H,3-9,15H2,1-2H3;1H. The average molecular weight is 275 g/mol. The van der Waals surface area contributed by atoms with E-state index in [1.807, 2.05) is 0 Å². The van der Waals surface area contributed by atoms with Crippen LogP contribution in [-0.4, -0.2) is 29.9 Å². The Bertz CT molecular complexity index is 275. The molecule has 0 bridgehead atoms. The van der Waals surface area contributed by atoms with Gasteiger partial charge in [-0.15, -0.1) is 12.4 Å². The van der Waals surface area contributed by atoms with E-state index in [9.17, 15) is 4.79 Å². The Morgan fingerprint density at radius 1 is 1.11 bits per heavy atom. The van der Waals surface area contributed by atoms with E-state index in [0.29, 0.717) is 17.7 Å². The molecule has 1 saturated heterocycles. The maximum Gasteiger partial charge on any atom is 0.225 e. The molecule has 1 heterocycles. The Morgan fingerprint density at radius 3 is 2.28 bits per heavy atom. The number of hydrogen-bond donors (Lipinski definition) is 1. The summed E-state index contributed by atoms with van der Waals surface area (Å²) in [6.45, 7) is 6.41. The quantitative estimate of drug-likeness (QED) is 0.798. The molecule has 2 rings (SSSR count). The third kappa shape index (κ3) is 3.86. The van der Waals surface area contributed by atoms with E-state index >= 15 is 0 Å². The van der Waals surface area contributed by atoms with Crippen molar-refractivity contribution in [2.24, 2.45) is 23.5 Å². The first-order chi connectivity index (χ1) is 8.06. The molecule has 2 aliphatic rings. The molecule has 3 nitrogen and oxygen atoms in total. The number of halogens is 1. The second-order valence-electron chi connectivity index (χ2n) is 6.31. The van der Waals surface area contributed by atoms with Crippen molar-refractivity contribution in [3.05, 3.63) is 0 Å². The third-order valence-corrected chi connectivity index (χ3v) is 4.24. The molecule has 4 unspecified atom stereocenters. The summed E-state index contributed by atoms with van der Waals surface area (Å²) in [5, 5.41) is 0. The predicted octanol–water partition coefficient (Wildman–Crippen LogP) is 2.43. The van der Waals surface area contributed by atoms with E-state index < -0.39 is 0 Å². The second kappa shape index (κ2) is 6.76. The van der Waals surface area contributed by atoms with E-state index in [4.69, 9.17) is 5.73 Å². The zero-order valence-electron chi connectivity index (χ0n) is 11.6. The number of piperidine rings is 1. The fourth-order valence-electron chi connectivity index (χ4n) is 3.55. The normalized spacial score (nSPS) is 36.9. The van der Waals surface area contributed by atoms with Gasteiger partial charge in [-0.1, -0.05) is 20.3 Å². The molecule has 0 radical (unpaired) electrons. The SMILES string of the molecule is CC1CC(C)CN(C(=O)C2CCCC(N)C2)C1.Cl. The molecule has 0 aromatic carbocycles. The van der Waals surface area contributed by atoms with Crippen LogP contribution in [0.2, 0.25) is 0 Å². The minimum absolute atomic E-state index is 0. The van der Waals surface area contributed by atoms with E-state index in [0.717, 1.165) is 38.8 Å². The van der Waals surface area contributed by atoms with Gasteiger partial charge in [-0.3, -0.25) is 4.79 Å². The molecule has 1 amide bonds. The van der Waals surface area contributed by atoms with Crippen LogP contribution in [-0.2, 0) is 4.79 Å². The fourth-order valence-corrected chi connectivity index (χ4v) is 3.55. The summed E-state index contributed by atoms with van der Waals surface area (Å²) in [7, 11) is 0. The molecular formula is C14H27ClN2O. The highest BCUT2D eigenvalue weighted by Gasteiger charge is 2.32. The van der Waals surface area contributed by atoms with Crippen LogP contribution in [0.1, 0.15) is 46.0 Å². The van der Waals surface area contributed by atoms with E-state index in [1.165, 1.54) is 6.42 Å². The fraction of sp³-hybridized carbons (Fsp3) is 0.929. The highest BCUT2D eigenvalue weighted by Crippen LogP contribution is 2.28. The maximum absolute atomic E-state index is 12.5. The van der Waals surface area contributed by atoms with Gasteiger partial charge in [-0.05, 0) is 37.5 Å². The molecule has 1 aliphatic carbocycles. The Kier molecular flexibility index (Phi) is 5.93. The predicted molar refractivity (Wildman–Crippen MR) is 76.7 cm³/mol.